The molecule has 1 amide bonds. The van der Waals surface area contributed by atoms with Gasteiger partial charge in [-0.15, -0.1) is 0 Å². The molecule has 0 unspecified atom stereocenters. The highest BCUT2D eigenvalue weighted by molar-refractivity contribution is 9.10. The normalized spacial score (nSPS) is 10.6. The summed E-state index contributed by atoms with van der Waals surface area (Å²) in [4.78, 5) is 12.5. The predicted molar refractivity (Wildman–Crippen MR) is 87.4 cm³/mol. The molecule has 0 aliphatic heterocycles. The van der Waals surface area contributed by atoms with Crippen molar-refractivity contribution >= 4 is 27.5 Å². The standard InChI is InChI=1S/C17H17BrFNO/c1-9-5-11(3)16(12(4)6-9)17(21)20-15-8-14(19)13(18)7-10(15)2/h5-8H,1-4H3,(H,20,21). The maximum absolute atomic E-state index is 13.6. The molecule has 2 aromatic rings. The largest absolute Gasteiger partial charge is 0.322 e. The van der Waals surface area contributed by atoms with Gasteiger partial charge in [0.2, 0.25) is 0 Å². The van der Waals surface area contributed by atoms with Crippen molar-refractivity contribution in [2.24, 2.45) is 0 Å². The first-order valence-corrected chi connectivity index (χ1v) is 7.43. The van der Waals surface area contributed by atoms with E-state index in [9.17, 15) is 9.18 Å². The Kier molecular flexibility index (Phi) is 4.47. The van der Waals surface area contributed by atoms with Gasteiger partial charge < -0.3 is 5.32 Å². The van der Waals surface area contributed by atoms with Crippen LogP contribution in [0.5, 0.6) is 0 Å². The number of anilines is 1. The summed E-state index contributed by atoms with van der Waals surface area (Å²) >= 11 is 3.13. The summed E-state index contributed by atoms with van der Waals surface area (Å²) < 4.78 is 14.0. The van der Waals surface area contributed by atoms with Crippen molar-refractivity contribution in [3.8, 4) is 0 Å². The third-order valence-corrected chi connectivity index (χ3v) is 4.03. The van der Waals surface area contributed by atoms with Gasteiger partial charge in [-0.25, -0.2) is 4.39 Å². The molecule has 4 heteroatoms. The maximum Gasteiger partial charge on any atom is 0.256 e. The lowest BCUT2D eigenvalue weighted by Gasteiger charge is -2.13. The molecule has 0 aliphatic carbocycles. The van der Waals surface area contributed by atoms with Crippen molar-refractivity contribution in [2.75, 3.05) is 5.32 Å². The lowest BCUT2D eigenvalue weighted by atomic mass is 9.99. The zero-order valence-electron chi connectivity index (χ0n) is 12.5. The summed E-state index contributed by atoms with van der Waals surface area (Å²) in [7, 11) is 0. The minimum absolute atomic E-state index is 0.213. The molecule has 0 radical (unpaired) electrons. The zero-order chi connectivity index (χ0) is 15.7. The number of benzene rings is 2. The molecule has 0 fully saturated rings. The van der Waals surface area contributed by atoms with E-state index in [0.717, 1.165) is 22.3 Å². The van der Waals surface area contributed by atoms with Gasteiger partial charge in [-0.3, -0.25) is 4.79 Å². The fourth-order valence-corrected chi connectivity index (χ4v) is 2.96. The molecule has 0 bridgehead atoms. The molecule has 2 aromatic carbocycles. The topological polar surface area (TPSA) is 29.1 Å². The number of aryl methyl sites for hydroxylation is 4. The zero-order valence-corrected chi connectivity index (χ0v) is 14.1. The van der Waals surface area contributed by atoms with Gasteiger partial charge >= 0.3 is 0 Å². The molecular formula is C17H17BrFNO. The summed E-state index contributed by atoms with van der Waals surface area (Å²) in [5.41, 5.74) is 4.88. The summed E-state index contributed by atoms with van der Waals surface area (Å²) in [5.74, 6) is -0.608. The van der Waals surface area contributed by atoms with Gasteiger partial charge in [0.05, 0.1) is 4.47 Å². The van der Waals surface area contributed by atoms with Gasteiger partial charge in [0, 0.05) is 11.3 Å². The third-order valence-electron chi connectivity index (χ3n) is 3.42. The molecule has 0 spiro atoms. The summed E-state index contributed by atoms with van der Waals surface area (Å²) in [6, 6.07) is 6.92. The number of carbonyl (C=O) groups excluding carboxylic acids is 1. The average molecular weight is 350 g/mol. The first kappa shape index (κ1) is 15.7. The summed E-state index contributed by atoms with van der Waals surface area (Å²) in [5, 5.41) is 2.80. The van der Waals surface area contributed by atoms with E-state index in [1.165, 1.54) is 6.07 Å². The monoisotopic (exact) mass is 349 g/mol. The lowest BCUT2D eigenvalue weighted by molar-refractivity contribution is 0.102. The van der Waals surface area contributed by atoms with Crippen LogP contribution in [0.25, 0.3) is 0 Å². The number of nitrogens with one attached hydrogen (secondary N) is 1. The third kappa shape index (κ3) is 3.32. The Hall–Kier alpha value is -1.68. The highest BCUT2D eigenvalue weighted by Gasteiger charge is 2.15. The molecule has 0 aromatic heterocycles. The van der Waals surface area contributed by atoms with E-state index in [4.69, 9.17) is 0 Å². The van der Waals surface area contributed by atoms with Crippen LogP contribution >= 0.6 is 15.9 Å². The fourth-order valence-electron chi connectivity index (χ4n) is 2.50. The number of halogens is 2. The molecular weight excluding hydrogens is 333 g/mol. The van der Waals surface area contributed by atoms with Crippen LogP contribution in [0.1, 0.15) is 32.6 Å². The van der Waals surface area contributed by atoms with Gasteiger partial charge in [0.25, 0.3) is 5.91 Å². The fraction of sp³-hybridized carbons (Fsp3) is 0.235. The van der Waals surface area contributed by atoms with Crippen molar-refractivity contribution in [1.82, 2.24) is 0 Å². The second-order valence-corrected chi connectivity index (χ2v) is 6.16. The quantitative estimate of drug-likeness (QED) is 0.805. The number of hydrogen-bond donors (Lipinski definition) is 1. The number of carbonyl (C=O) groups is 1. The molecule has 21 heavy (non-hydrogen) atoms. The first-order valence-electron chi connectivity index (χ1n) is 6.64. The van der Waals surface area contributed by atoms with Crippen LogP contribution in [0, 0.1) is 33.5 Å². The van der Waals surface area contributed by atoms with Crippen molar-refractivity contribution in [3.05, 3.63) is 62.4 Å². The van der Waals surface area contributed by atoms with Crippen LogP contribution in [0.15, 0.2) is 28.7 Å². The summed E-state index contributed by atoms with van der Waals surface area (Å²) in [6.07, 6.45) is 0. The Balaban J connectivity index is 2.37. The van der Waals surface area contributed by atoms with Crippen molar-refractivity contribution in [3.63, 3.8) is 0 Å². The Bertz CT molecular complexity index is 702. The van der Waals surface area contributed by atoms with Crippen molar-refractivity contribution < 1.29 is 9.18 Å². The van der Waals surface area contributed by atoms with Gasteiger partial charge in [-0.05, 0) is 72.4 Å². The number of rotatable bonds is 2. The van der Waals surface area contributed by atoms with Crippen LogP contribution in [-0.2, 0) is 0 Å². The van der Waals surface area contributed by atoms with Gasteiger partial charge in [-0.1, -0.05) is 17.7 Å². The second-order valence-electron chi connectivity index (χ2n) is 5.31. The molecule has 0 aliphatic rings. The Morgan fingerprint density at radius 1 is 1.00 bits per heavy atom. The molecule has 0 heterocycles. The minimum Gasteiger partial charge on any atom is -0.322 e. The smallest absolute Gasteiger partial charge is 0.256 e. The van der Waals surface area contributed by atoms with E-state index in [0.29, 0.717) is 15.7 Å². The van der Waals surface area contributed by atoms with Gasteiger partial charge in [0.15, 0.2) is 0 Å². The Morgan fingerprint density at radius 2 is 1.57 bits per heavy atom. The van der Waals surface area contributed by atoms with E-state index in [1.807, 2.05) is 39.8 Å². The van der Waals surface area contributed by atoms with Crippen LogP contribution in [0.3, 0.4) is 0 Å². The molecule has 110 valence electrons. The molecule has 1 N–H and O–H groups in total. The van der Waals surface area contributed by atoms with Gasteiger partial charge in [-0.2, -0.15) is 0 Å². The van der Waals surface area contributed by atoms with E-state index in [-0.39, 0.29) is 5.91 Å². The molecule has 2 rings (SSSR count). The molecule has 0 saturated carbocycles. The minimum atomic E-state index is -0.395. The van der Waals surface area contributed by atoms with Crippen molar-refractivity contribution in [1.29, 1.82) is 0 Å². The number of amides is 1. The SMILES string of the molecule is Cc1cc(C)c(C(=O)Nc2cc(F)c(Br)cc2C)c(C)c1. The predicted octanol–water partition coefficient (Wildman–Crippen LogP) is 5.07. The average Bonchev–Trinajstić information content (AvgIpc) is 2.34. The van der Waals surface area contributed by atoms with E-state index in [1.54, 1.807) is 6.07 Å². The van der Waals surface area contributed by atoms with Crippen LogP contribution in [0.4, 0.5) is 10.1 Å². The first-order chi connectivity index (χ1) is 9.79. The van der Waals surface area contributed by atoms with Gasteiger partial charge in [0.1, 0.15) is 5.82 Å². The van der Waals surface area contributed by atoms with Crippen molar-refractivity contribution in [2.45, 2.75) is 27.7 Å². The second kappa shape index (κ2) is 5.98. The summed E-state index contributed by atoms with van der Waals surface area (Å²) in [6.45, 7) is 7.64. The van der Waals surface area contributed by atoms with E-state index >= 15 is 0 Å². The van der Waals surface area contributed by atoms with Crippen LogP contribution in [-0.4, -0.2) is 5.91 Å². The maximum atomic E-state index is 13.6. The van der Waals surface area contributed by atoms with E-state index in [2.05, 4.69) is 21.2 Å². The van der Waals surface area contributed by atoms with E-state index < -0.39 is 5.82 Å². The molecule has 2 nitrogen and oxygen atoms in total. The van der Waals surface area contributed by atoms with Crippen LogP contribution < -0.4 is 5.32 Å². The Morgan fingerprint density at radius 3 is 2.14 bits per heavy atom. The number of hydrogen-bond acceptors (Lipinski definition) is 1. The van der Waals surface area contributed by atoms with Crippen LogP contribution in [0.2, 0.25) is 0 Å². The molecule has 0 saturated heterocycles. The highest BCUT2D eigenvalue weighted by Crippen LogP contribution is 2.25. The molecule has 0 atom stereocenters. The Labute approximate surface area is 132 Å². The lowest BCUT2D eigenvalue weighted by Crippen LogP contribution is -2.16. The highest BCUT2D eigenvalue weighted by atomic mass is 79.9.